The molecule has 0 aliphatic carbocycles. The first-order valence-corrected chi connectivity index (χ1v) is 4.96. The molecule has 0 atom stereocenters. The lowest BCUT2D eigenvalue weighted by atomic mass is 10.0. The van der Waals surface area contributed by atoms with Gasteiger partial charge in [0.2, 0.25) is 5.91 Å². The minimum Gasteiger partial charge on any atom is -0.366 e. The van der Waals surface area contributed by atoms with E-state index in [9.17, 15) is 18.0 Å². The smallest absolute Gasteiger partial charge is 0.366 e. The van der Waals surface area contributed by atoms with Crippen molar-refractivity contribution in [2.75, 3.05) is 0 Å². The van der Waals surface area contributed by atoms with Crippen LogP contribution in [0.25, 0.3) is 0 Å². The summed E-state index contributed by atoms with van der Waals surface area (Å²) in [5.41, 5.74) is 2.98. The Kier molecular flexibility index (Phi) is 3.42. The molecule has 16 heavy (non-hydrogen) atoms. The van der Waals surface area contributed by atoms with Crippen molar-refractivity contribution in [3.05, 3.63) is 32.4 Å². The molecule has 0 spiro atoms. The quantitative estimate of drug-likeness (QED) is 0.797. The standard InChI is InChI=1S/C9H4F3IN2O/c10-9(11,12)6-1-4(8(15)16)2-7(13)5(6)3-14/h1-2H,(H2,15,16). The third-order valence-electron chi connectivity index (χ3n) is 1.79. The number of benzene rings is 1. The maximum Gasteiger partial charge on any atom is 0.417 e. The molecule has 0 aliphatic heterocycles. The van der Waals surface area contributed by atoms with Gasteiger partial charge >= 0.3 is 6.18 Å². The number of amides is 1. The van der Waals surface area contributed by atoms with Crippen molar-refractivity contribution < 1.29 is 18.0 Å². The van der Waals surface area contributed by atoms with Gasteiger partial charge in [0, 0.05) is 9.13 Å². The highest BCUT2D eigenvalue weighted by atomic mass is 127. The van der Waals surface area contributed by atoms with Crippen molar-refractivity contribution in [1.29, 1.82) is 5.26 Å². The van der Waals surface area contributed by atoms with E-state index in [2.05, 4.69) is 0 Å². The van der Waals surface area contributed by atoms with Crippen molar-refractivity contribution in [1.82, 2.24) is 0 Å². The van der Waals surface area contributed by atoms with Crippen molar-refractivity contribution in [3.8, 4) is 6.07 Å². The molecule has 84 valence electrons. The molecule has 3 nitrogen and oxygen atoms in total. The summed E-state index contributed by atoms with van der Waals surface area (Å²) >= 11 is 1.55. The molecule has 0 radical (unpaired) electrons. The number of alkyl halides is 3. The predicted octanol–water partition coefficient (Wildman–Crippen LogP) is 2.28. The average molecular weight is 340 g/mol. The fourth-order valence-electron chi connectivity index (χ4n) is 1.09. The lowest BCUT2D eigenvalue weighted by Crippen LogP contribution is -2.16. The Morgan fingerprint density at radius 1 is 1.44 bits per heavy atom. The molecule has 1 aromatic rings. The van der Waals surface area contributed by atoms with Crippen LogP contribution in [0.2, 0.25) is 0 Å². The van der Waals surface area contributed by atoms with Crippen LogP contribution in [0.5, 0.6) is 0 Å². The van der Waals surface area contributed by atoms with Crippen LogP contribution < -0.4 is 5.73 Å². The third kappa shape index (κ3) is 2.44. The third-order valence-corrected chi connectivity index (χ3v) is 2.64. The molecule has 0 fully saturated rings. The van der Waals surface area contributed by atoms with Crippen LogP contribution in [-0.2, 0) is 6.18 Å². The molecule has 0 saturated heterocycles. The zero-order valence-corrected chi connectivity index (χ0v) is 9.76. The Morgan fingerprint density at radius 2 is 2.00 bits per heavy atom. The van der Waals surface area contributed by atoms with Crippen LogP contribution >= 0.6 is 22.6 Å². The van der Waals surface area contributed by atoms with Crippen LogP contribution in [-0.4, -0.2) is 5.91 Å². The molecule has 0 heterocycles. The number of halogens is 4. The Hall–Kier alpha value is -1.30. The topological polar surface area (TPSA) is 66.9 Å². The normalized spacial score (nSPS) is 10.9. The maximum absolute atomic E-state index is 12.6. The van der Waals surface area contributed by atoms with E-state index in [-0.39, 0.29) is 9.13 Å². The highest BCUT2D eigenvalue weighted by Crippen LogP contribution is 2.34. The van der Waals surface area contributed by atoms with Crippen molar-refractivity contribution in [2.45, 2.75) is 6.18 Å². The molecular weight excluding hydrogens is 336 g/mol. The minimum atomic E-state index is -4.68. The van der Waals surface area contributed by atoms with Crippen LogP contribution in [0.15, 0.2) is 12.1 Å². The van der Waals surface area contributed by atoms with Crippen molar-refractivity contribution in [2.24, 2.45) is 5.73 Å². The van der Waals surface area contributed by atoms with Gasteiger partial charge in [0.15, 0.2) is 0 Å². The highest BCUT2D eigenvalue weighted by molar-refractivity contribution is 14.1. The van der Waals surface area contributed by atoms with E-state index in [0.29, 0.717) is 6.07 Å². The lowest BCUT2D eigenvalue weighted by Gasteiger charge is -2.11. The van der Waals surface area contributed by atoms with E-state index in [1.165, 1.54) is 6.07 Å². The van der Waals surface area contributed by atoms with Gasteiger partial charge in [-0.05, 0) is 34.7 Å². The highest BCUT2D eigenvalue weighted by Gasteiger charge is 2.35. The van der Waals surface area contributed by atoms with Gasteiger partial charge in [0.05, 0.1) is 11.1 Å². The number of nitrogens with two attached hydrogens (primary N) is 1. The Balaban J connectivity index is 3.57. The molecule has 7 heteroatoms. The Labute approximate surface area is 102 Å². The average Bonchev–Trinajstić information content (AvgIpc) is 2.14. The van der Waals surface area contributed by atoms with E-state index in [1.807, 2.05) is 0 Å². The van der Waals surface area contributed by atoms with E-state index in [0.717, 1.165) is 6.07 Å². The van der Waals surface area contributed by atoms with Gasteiger partial charge in [-0.15, -0.1) is 0 Å². The first-order valence-electron chi connectivity index (χ1n) is 3.88. The number of primary amides is 1. The van der Waals surface area contributed by atoms with Crippen molar-refractivity contribution in [3.63, 3.8) is 0 Å². The minimum absolute atomic E-state index is 0.0451. The van der Waals surface area contributed by atoms with Crippen LogP contribution in [0.3, 0.4) is 0 Å². The van der Waals surface area contributed by atoms with Gasteiger partial charge in [0.25, 0.3) is 0 Å². The largest absolute Gasteiger partial charge is 0.417 e. The molecule has 1 rings (SSSR count). The zero-order valence-electron chi connectivity index (χ0n) is 7.60. The summed E-state index contributed by atoms with van der Waals surface area (Å²) in [7, 11) is 0. The molecule has 0 unspecified atom stereocenters. The van der Waals surface area contributed by atoms with E-state index in [1.54, 1.807) is 22.6 Å². The summed E-state index contributed by atoms with van der Waals surface area (Å²) in [6.45, 7) is 0. The lowest BCUT2D eigenvalue weighted by molar-refractivity contribution is -0.137. The van der Waals surface area contributed by atoms with Gasteiger partial charge < -0.3 is 5.73 Å². The first-order chi connectivity index (χ1) is 7.27. The van der Waals surface area contributed by atoms with Gasteiger partial charge in [0.1, 0.15) is 6.07 Å². The fourth-order valence-corrected chi connectivity index (χ4v) is 1.83. The summed E-state index contributed by atoms with van der Waals surface area (Å²) in [5.74, 6) is -0.965. The fraction of sp³-hybridized carbons (Fsp3) is 0.111. The van der Waals surface area contributed by atoms with Gasteiger partial charge in [-0.25, -0.2) is 0 Å². The number of hydrogen-bond donors (Lipinski definition) is 1. The second kappa shape index (κ2) is 4.29. The molecular formula is C9H4F3IN2O. The summed E-state index contributed by atoms with van der Waals surface area (Å²) < 4.78 is 37.7. The number of rotatable bonds is 1. The summed E-state index contributed by atoms with van der Waals surface area (Å²) in [6.07, 6.45) is -4.68. The maximum atomic E-state index is 12.6. The van der Waals surface area contributed by atoms with Gasteiger partial charge in [-0.3, -0.25) is 4.79 Å². The molecule has 0 saturated carbocycles. The predicted molar refractivity (Wildman–Crippen MR) is 57.4 cm³/mol. The monoisotopic (exact) mass is 340 g/mol. The van der Waals surface area contributed by atoms with Crippen molar-refractivity contribution >= 4 is 28.5 Å². The van der Waals surface area contributed by atoms with Gasteiger partial charge in [-0.1, -0.05) is 0 Å². The number of nitriles is 1. The molecule has 1 aromatic carbocycles. The van der Waals surface area contributed by atoms with Crippen LogP contribution in [0, 0.1) is 14.9 Å². The molecule has 1 amide bonds. The number of hydrogen-bond acceptors (Lipinski definition) is 2. The molecule has 0 aliphatic rings. The molecule has 0 bridgehead atoms. The first kappa shape index (κ1) is 12.8. The molecule has 0 aromatic heterocycles. The van der Waals surface area contributed by atoms with Crippen LogP contribution in [0.1, 0.15) is 21.5 Å². The number of nitrogens with zero attached hydrogens (tertiary/aromatic N) is 1. The molecule has 2 N–H and O–H groups in total. The van der Waals surface area contributed by atoms with E-state index in [4.69, 9.17) is 11.0 Å². The summed E-state index contributed by atoms with van der Waals surface area (Å²) in [6, 6.07) is 3.19. The van der Waals surface area contributed by atoms with Crippen LogP contribution in [0.4, 0.5) is 13.2 Å². The number of carbonyl (C=O) groups excluding carboxylic acids is 1. The Bertz CT molecular complexity index is 491. The zero-order chi connectivity index (χ0) is 12.5. The van der Waals surface area contributed by atoms with Gasteiger partial charge in [-0.2, -0.15) is 18.4 Å². The van der Waals surface area contributed by atoms with E-state index >= 15 is 0 Å². The summed E-state index contributed by atoms with van der Waals surface area (Å²) in [4.78, 5) is 10.8. The SMILES string of the molecule is N#Cc1c(I)cc(C(N)=O)cc1C(F)(F)F. The Morgan fingerprint density at radius 3 is 2.38 bits per heavy atom. The number of carbonyl (C=O) groups is 1. The second-order valence-electron chi connectivity index (χ2n) is 2.85. The second-order valence-corrected chi connectivity index (χ2v) is 4.02. The van der Waals surface area contributed by atoms with E-state index < -0.39 is 23.2 Å². The summed E-state index contributed by atoms with van der Waals surface area (Å²) in [5, 5.41) is 8.62.